The third-order valence-electron chi connectivity index (χ3n) is 4.69. The van der Waals surface area contributed by atoms with Crippen molar-refractivity contribution in [2.75, 3.05) is 7.11 Å². The number of rotatable bonds is 3. The lowest BCUT2D eigenvalue weighted by atomic mass is 9.91. The fraction of sp³-hybridized carbons (Fsp3) is 0.273. The standard InChI is InChI=1S/C22H23N4O2/c1-13-6-9-15(10-7-13)26-21-18(19(25-26)22(2,3)4)23-20(24-21)14-8-11-16(27)17(12-14)28-5/h6-12,27H,1-5H3. The first-order chi connectivity index (χ1) is 13.3. The average molecular weight is 375 g/mol. The summed E-state index contributed by atoms with van der Waals surface area (Å²) in [5.74, 6) is 1.78. The molecule has 0 saturated carbocycles. The van der Waals surface area contributed by atoms with Crippen molar-refractivity contribution in [1.82, 2.24) is 15.1 Å². The largest absolute Gasteiger partial charge is 0.504 e. The maximum absolute atomic E-state index is 9.87. The van der Waals surface area contributed by atoms with Gasteiger partial charge in [0.05, 0.1) is 18.5 Å². The van der Waals surface area contributed by atoms with Crippen molar-refractivity contribution in [2.24, 2.45) is 4.99 Å². The SMILES string of the molecule is COc1cc(C2=Nc3c(C(C)(C)C)nn(-c4ccc(C)cc4)c3[N]2)ccc1O. The number of aryl methyl sites for hydroxylation is 1. The fourth-order valence-electron chi connectivity index (χ4n) is 3.15. The summed E-state index contributed by atoms with van der Waals surface area (Å²) >= 11 is 0. The second-order valence-corrected chi connectivity index (χ2v) is 7.95. The van der Waals surface area contributed by atoms with E-state index in [0.717, 1.165) is 28.5 Å². The summed E-state index contributed by atoms with van der Waals surface area (Å²) in [5, 5.41) is 19.5. The van der Waals surface area contributed by atoms with Crippen LogP contribution >= 0.6 is 0 Å². The zero-order valence-electron chi connectivity index (χ0n) is 16.7. The van der Waals surface area contributed by atoms with Gasteiger partial charge in [0, 0.05) is 11.0 Å². The number of nitrogens with zero attached hydrogens (tertiary/aromatic N) is 4. The van der Waals surface area contributed by atoms with Crippen molar-refractivity contribution in [3.8, 4) is 17.2 Å². The van der Waals surface area contributed by atoms with E-state index in [4.69, 9.17) is 20.1 Å². The van der Waals surface area contributed by atoms with Gasteiger partial charge in [-0.1, -0.05) is 38.5 Å². The van der Waals surface area contributed by atoms with E-state index in [1.54, 1.807) is 18.2 Å². The summed E-state index contributed by atoms with van der Waals surface area (Å²) in [6.07, 6.45) is 0. The van der Waals surface area contributed by atoms with Crippen LogP contribution in [0.2, 0.25) is 0 Å². The smallest absolute Gasteiger partial charge is 0.184 e. The van der Waals surface area contributed by atoms with Crippen molar-refractivity contribution in [1.29, 1.82) is 0 Å². The minimum Gasteiger partial charge on any atom is -0.504 e. The Bertz CT molecular complexity index is 1070. The molecule has 3 aromatic rings. The number of methoxy groups -OCH3 is 1. The Kier molecular flexibility index (Phi) is 4.14. The molecule has 0 bridgehead atoms. The topological polar surface area (TPSA) is 73.7 Å². The molecule has 1 aromatic heterocycles. The Morgan fingerprint density at radius 2 is 1.75 bits per heavy atom. The first kappa shape index (κ1) is 18.1. The van der Waals surface area contributed by atoms with Crippen molar-refractivity contribution in [3.63, 3.8) is 0 Å². The normalized spacial score (nSPS) is 13.1. The zero-order valence-corrected chi connectivity index (χ0v) is 16.7. The van der Waals surface area contributed by atoms with E-state index in [2.05, 4.69) is 39.8 Å². The van der Waals surface area contributed by atoms with E-state index in [0.29, 0.717) is 11.6 Å². The molecule has 0 spiro atoms. The van der Waals surface area contributed by atoms with Gasteiger partial charge >= 0.3 is 0 Å². The molecule has 0 fully saturated rings. The number of phenols is 1. The van der Waals surface area contributed by atoms with Crippen LogP contribution in [0.1, 0.15) is 37.6 Å². The van der Waals surface area contributed by atoms with Crippen molar-refractivity contribution >= 4 is 17.3 Å². The summed E-state index contributed by atoms with van der Waals surface area (Å²) in [6.45, 7) is 8.41. The first-order valence-electron chi connectivity index (χ1n) is 9.16. The van der Waals surface area contributed by atoms with Gasteiger partial charge in [-0.2, -0.15) is 5.10 Å². The molecule has 28 heavy (non-hydrogen) atoms. The molecule has 0 unspecified atom stereocenters. The Balaban J connectivity index is 1.82. The number of aliphatic imine (C=N–C) groups is 1. The second-order valence-electron chi connectivity index (χ2n) is 7.95. The Morgan fingerprint density at radius 3 is 2.39 bits per heavy atom. The number of amidine groups is 1. The van der Waals surface area contributed by atoms with Crippen LogP contribution in [0, 0.1) is 6.92 Å². The first-order valence-corrected chi connectivity index (χ1v) is 9.16. The number of hydrogen-bond donors (Lipinski definition) is 1. The molecule has 1 radical (unpaired) electrons. The molecule has 6 nitrogen and oxygen atoms in total. The van der Waals surface area contributed by atoms with Gasteiger partial charge in [0.1, 0.15) is 5.69 Å². The summed E-state index contributed by atoms with van der Waals surface area (Å²) in [4.78, 5) is 4.79. The maximum atomic E-state index is 9.87. The van der Waals surface area contributed by atoms with E-state index in [-0.39, 0.29) is 11.2 Å². The summed E-state index contributed by atoms with van der Waals surface area (Å²) in [7, 11) is 1.52. The minimum absolute atomic E-state index is 0.0866. The van der Waals surface area contributed by atoms with Crippen molar-refractivity contribution < 1.29 is 9.84 Å². The van der Waals surface area contributed by atoms with E-state index in [9.17, 15) is 5.11 Å². The van der Waals surface area contributed by atoms with Gasteiger partial charge in [0.2, 0.25) is 0 Å². The second kappa shape index (κ2) is 6.41. The van der Waals surface area contributed by atoms with Gasteiger partial charge in [-0.05, 0) is 37.3 Å². The molecule has 2 aromatic carbocycles. The molecule has 4 rings (SSSR count). The highest BCUT2D eigenvalue weighted by molar-refractivity contribution is 6.07. The van der Waals surface area contributed by atoms with Crippen molar-refractivity contribution in [3.05, 3.63) is 59.3 Å². The van der Waals surface area contributed by atoms with E-state index >= 15 is 0 Å². The Hall–Kier alpha value is -3.28. The highest BCUT2D eigenvalue weighted by atomic mass is 16.5. The van der Waals surface area contributed by atoms with Crippen LogP contribution in [0.25, 0.3) is 5.69 Å². The van der Waals surface area contributed by atoms with Gasteiger partial charge in [-0.25, -0.2) is 15.0 Å². The van der Waals surface area contributed by atoms with Crippen molar-refractivity contribution in [2.45, 2.75) is 33.1 Å². The molecule has 2 heterocycles. The predicted octanol–water partition coefficient (Wildman–Crippen LogP) is 4.52. The van der Waals surface area contributed by atoms with Crippen LogP contribution in [0.5, 0.6) is 11.5 Å². The molecular weight excluding hydrogens is 352 g/mol. The maximum Gasteiger partial charge on any atom is 0.184 e. The molecular formula is C22H23N4O2. The van der Waals surface area contributed by atoms with E-state index in [1.807, 2.05) is 16.8 Å². The third kappa shape index (κ3) is 3.01. The summed E-state index contributed by atoms with van der Waals surface area (Å²) in [6, 6.07) is 13.3. The van der Waals surface area contributed by atoms with Crippen LogP contribution in [-0.4, -0.2) is 27.8 Å². The Labute approximate surface area is 164 Å². The van der Waals surface area contributed by atoms with Crippen LogP contribution in [0.15, 0.2) is 47.5 Å². The van der Waals surface area contributed by atoms with Gasteiger partial charge in [-0.3, -0.25) is 0 Å². The number of benzene rings is 2. The monoisotopic (exact) mass is 375 g/mol. The summed E-state index contributed by atoms with van der Waals surface area (Å²) < 4.78 is 7.07. The quantitative estimate of drug-likeness (QED) is 0.731. The van der Waals surface area contributed by atoms with Crippen LogP contribution in [-0.2, 0) is 5.41 Å². The van der Waals surface area contributed by atoms with Gasteiger partial charge in [0.25, 0.3) is 0 Å². The number of phenolic OH excluding ortho intramolecular Hbond substituents is 1. The molecule has 0 saturated heterocycles. The number of hydrogen-bond acceptors (Lipinski definition) is 4. The van der Waals surface area contributed by atoms with E-state index < -0.39 is 0 Å². The minimum atomic E-state index is -0.179. The van der Waals surface area contributed by atoms with Crippen LogP contribution < -0.4 is 10.1 Å². The number of aromatic hydroxyl groups is 1. The predicted molar refractivity (Wildman–Crippen MR) is 110 cm³/mol. The number of ether oxygens (including phenoxy) is 1. The third-order valence-corrected chi connectivity index (χ3v) is 4.69. The molecule has 1 aliphatic rings. The highest BCUT2D eigenvalue weighted by Gasteiger charge is 2.33. The van der Waals surface area contributed by atoms with Gasteiger partial charge in [0.15, 0.2) is 23.2 Å². The number of aromatic nitrogens is 2. The fourth-order valence-corrected chi connectivity index (χ4v) is 3.15. The molecule has 0 amide bonds. The average Bonchev–Trinajstić information content (AvgIpc) is 3.21. The lowest BCUT2D eigenvalue weighted by molar-refractivity contribution is 0.373. The van der Waals surface area contributed by atoms with Crippen LogP contribution in [0.4, 0.5) is 11.5 Å². The summed E-state index contributed by atoms with van der Waals surface area (Å²) in [5.41, 5.74) is 4.42. The van der Waals surface area contributed by atoms with Gasteiger partial charge in [-0.15, -0.1) is 0 Å². The molecule has 143 valence electrons. The zero-order chi connectivity index (χ0) is 20.1. The molecule has 1 aliphatic heterocycles. The Morgan fingerprint density at radius 1 is 1.04 bits per heavy atom. The molecule has 6 heteroatoms. The molecule has 1 N–H and O–H groups in total. The lowest BCUT2D eigenvalue weighted by Gasteiger charge is -2.15. The lowest BCUT2D eigenvalue weighted by Crippen LogP contribution is -2.15. The molecule has 0 atom stereocenters. The highest BCUT2D eigenvalue weighted by Crippen LogP contribution is 2.42. The molecule has 0 aliphatic carbocycles. The van der Waals surface area contributed by atoms with E-state index in [1.165, 1.54) is 12.7 Å². The number of fused-ring (bicyclic) bond motifs is 1. The van der Waals surface area contributed by atoms with Gasteiger partial charge < -0.3 is 9.84 Å². The van der Waals surface area contributed by atoms with Crippen LogP contribution in [0.3, 0.4) is 0 Å².